The first-order valence-electron chi connectivity index (χ1n) is 19.8. The molecule has 308 valence electrons. The van der Waals surface area contributed by atoms with E-state index in [0.717, 1.165) is 97.7 Å². The molecule has 0 bridgehead atoms. The number of ketones is 1. The third kappa shape index (κ3) is 11.3. The molecule has 16 heteroatoms. The van der Waals surface area contributed by atoms with Gasteiger partial charge in [0.15, 0.2) is 23.1 Å². The molecule has 6 aromatic rings. The molecule has 0 amide bonds. The Morgan fingerprint density at radius 3 is 1.63 bits per heavy atom. The van der Waals surface area contributed by atoms with Crippen molar-refractivity contribution in [3.05, 3.63) is 103 Å². The van der Waals surface area contributed by atoms with Gasteiger partial charge in [0.25, 0.3) is 0 Å². The van der Waals surface area contributed by atoms with Gasteiger partial charge in [-0.05, 0) is 107 Å². The number of anilines is 5. The number of aromatic carboxylic acids is 1. The highest BCUT2D eigenvalue weighted by molar-refractivity contribution is 6.03. The highest BCUT2D eigenvalue weighted by atomic mass is 16.4. The summed E-state index contributed by atoms with van der Waals surface area (Å²) in [6.45, 7) is 5.97. The Balaban J connectivity index is 0.000000165. The SMILES string of the molecule is CN1CCC(CNc2nccnc2C(=O)Cc2cccc3c(N)nccc23)CC1.CN1CCC(CNc2nccnc2C(=O)O)CC1.Nc1cccc2c(N)nccc12. The second-order valence-corrected chi connectivity index (χ2v) is 15.0. The van der Waals surface area contributed by atoms with Crippen molar-refractivity contribution < 1.29 is 14.7 Å². The Hall–Kier alpha value is -6.52. The number of carbonyl (C=O) groups is 2. The van der Waals surface area contributed by atoms with Crippen LogP contribution in [0.2, 0.25) is 0 Å². The monoisotopic (exact) mass is 799 g/mol. The van der Waals surface area contributed by atoms with Crippen LogP contribution in [-0.2, 0) is 6.42 Å². The van der Waals surface area contributed by atoms with Crippen LogP contribution in [0.3, 0.4) is 0 Å². The van der Waals surface area contributed by atoms with E-state index in [1.807, 2.05) is 48.5 Å². The lowest BCUT2D eigenvalue weighted by Crippen LogP contribution is -2.33. The van der Waals surface area contributed by atoms with Gasteiger partial charge in [-0.3, -0.25) is 4.79 Å². The van der Waals surface area contributed by atoms with Gasteiger partial charge in [-0.25, -0.2) is 34.7 Å². The van der Waals surface area contributed by atoms with Gasteiger partial charge in [0, 0.05) is 78.5 Å². The predicted octanol–water partition coefficient (Wildman–Crippen LogP) is 5.11. The van der Waals surface area contributed by atoms with Crippen LogP contribution in [0.5, 0.6) is 0 Å². The van der Waals surface area contributed by atoms with Crippen LogP contribution >= 0.6 is 0 Å². The van der Waals surface area contributed by atoms with E-state index in [9.17, 15) is 9.59 Å². The highest BCUT2D eigenvalue weighted by Gasteiger charge is 2.21. The number of carboxylic acid groups (broad SMARTS) is 1. The molecule has 0 saturated carbocycles. The molecule has 2 aliphatic heterocycles. The number of nitrogens with zero attached hydrogens (tertiary/aromatic N) is 8. The quantitative estimate of drug-likeness (QED) is 0.0779. The maximum absolute atomic E-state index is 13.1. The number of carbonyl (C=O) groups excluding carboxylic acids is 1. The second kappa shape index (κ2) is 20.3. The molecule has 0 radical (unpaired) electrons. The van der Waals surface area contributed by atoms with Crippen molar-refractivity contribution in [1.82, 2.24) is 39.7 Å². The third-order valence-corrected chi connectivity index (χ3v) is 10.8. The minimum absolute atomic E-state index is 0.00886. The molecule has 0 atom stereocenters. The number of rotatable bonds is 10. The van der Waals surface area contributed by atoms with E-state index in [2.05, 4.69) is 64.4 Å². The molecule has 8 rings (SSSR count). The molecule has 0 spiro atoms. The summed E-state index contributed by atoms with van der Waals surface area (Å²) in [5.74, 6) is 1.98. The zero-order chi connectivity index (χ0) is 41.7. The molecule has 16 nitrogen and oxygen atoms in total. The van der Waals surface area contributed by atoms with Gasteiger partial charge in [0.2, 0.25) is 0 Å². The number of piperidine rings is 2. The van der Waals surface area contributed by atoms with Crippen LogP contribution in [-0.4, -0.2) is 110 Å². The molecule has 2 aromatic carbocycles. The van der Waals surface area contributed by atoms with E-state index in [0.29, 0.717) is 40.8 Å². The van der Waals surface area contributed by atoms with Crippen LogP contribution < -0.4 is 27.8 Å². The number of carboxylic acids is 1. The molecule has 59 heavy (non-hydrogen) atoms. The molecular weight excluding hydrogens is 747 g/mol. The molecule has 0 aliphatic carbocycles. The van der Waals surface area contributed by atoms with Crippen molar-refractivity contribution in [1.29, 1.82) is 0 Å². The van der Waals surface area contributed by atoms with Crippen molar-refractivity contribution in [2.24, 2.45) is 11.8 Å². The highest BCUT2D eigenvalue weighted by Crippen LogP contribution is 2.26. The normalized spacial score (nSPS) is 15.1. The van der Waals surface area contributed by atoms with Crippen LogP contribution in [0, 0.1) is 11.8 Å². The summed E-state index contributed by atoms with van der Waals surface area (Å²) in [6, 6.07) is 15.2. The predicted molar refractivity (Wildman–Crippen MR) is 233 cm³/mol. The number of benzene rings is 2. The number of nitrogens with two attached hydrogens (primary N) is 3. The zero-order valence-electron chi connectivity index (χ0n) is 33.6. The topological polar surface area (TPSA) is 240 Å². The molecular formula is C43H53N13O3. The van der Waals surface area contributed by atoms with Gasteiger partial charge in [-0.2, -0.15) is 0 Å². The molecule has 2 aliphatic rings. The Morgan fingerprint density at radius 1 is 0.610 bits per heavy atom. The van der Waals surface area contributed by atoms with Crippen molar-refractivity contribution >= 4 is 62.3 Å². The number of likely N-dealkylation sites (tertiary alicyclic amines) is 2. The van der Waals surface area contributed by atoms with Crippen LogP contribution in [0.1, 0.15) is 52.2 Å². The summed E-state index contributed by atoms with van der Waals surface area (Å²) in [5, 5.41) is 19.1. The van der Waals surface area contributed by atoms with E-state index in [1.54, 1.807) is 24.8 Å². The minimum atomic E-state index is -1.05. The number of hydrogen-bond acceptors (Lipinski definition) is 15. The van der Waals surface area contributed by atoms with E-state index in [1.165, 1.54) is 12.4 Å². The Bertz CT molecular complexity index is 2300. The Labute approximate surface area is 343 Å². The van der Waals surface area contributed by atoms with E-state index < -0.39 is 5.97 Å². The van der Waals surface area contributed by atoms with Gasteiger partial charge in [-0.1, -0.05) is 30.3 Å². The van der Waals surface area contributed by atoms with Crippen molar-refractivity contribution in [2.45, 2.75) is 32.1 Å². The maximum Gasteiger partial charge on any atom is 0.358 e. The largest absolute Gasteiger partial charge is 0.476 e. The number of hydrogen-bond donors (Lipinski definition) is 6. The Kier molecular flexibility index (Phi) is 14.5. The summed E-state index contributed by atoms with van der Waals surface area (Å²) in [7, 11) is 4.27. The minimum Gasteiger partial charge on any atom is -0.476 e. The average molecular weight is 800 g/mol. The van der Waals surface area contributed by atoms with Crippen LogP contribution in [0.15, 0.2) is 85.7 Å². The lowest BCUT2D eigenvalue weighted by molar-refractivity contribution is 0.0690. The summed E-state index contributed by atoms with van der Waals surface area (Å²) < 4.78 is 0. The fourth-order valence-corrected chi connectivity index (χ4v) is 7.27. The average Bonchev–Trinajstić information content (AvgIpc) is 3.25. The van der Waals surface area contributed by atoms with Crippen molar-refractivity contribution in [3.63, 3.8) is 0 Å². The molecule has 9 N–H and O–H groups in total. The van der Waals surface area contributed by atoms with Gasteiger partial charge < -0.3 is 42.7 Å². The number of aromatic nitrogens is 6. The van der Waals surface area contributed by atoms with E-state index >= 15 is 0 Å². The molecule has 2 fully saturated rings. The third-order valence-electron chi connectivity index (χ3n) is 10.8. The van der Waals surface area contributed by atoms with Crippen LogP contribution in [0.4, 0.5) is 29.0 Å². The number of Topliss-reactive ketones (excluding diaryl/α,β-unsaturated/α-hetero) is 1. The standard InChI is InChI=1S/C22H26N6O.C12H18N4O2.C9H9N3/c1-28-11-6-15(7-12-28)14-27-22-20(24-9-10-26-22)19(29)13-16-3-2-4-18-17(16)5-8-25-21(18)23;1-16-6-2-9(3-7-16)8-15-11-10(12(17)18)13-4-5-14-11;10-8-3-1-2-7-6(8)4-5-12-9(7)11/h2-5,8-10,15H,6-7,11-14H2,1H3,(H2,23,25)(H,26,27);4-5,9H,2-3,6-8H2,1H3,(H,14,15)(H,17,18);1-5H,10H2,(H2,11,12). The first-order chi connectivity index (χ1) is 28.6. The molecule has 0 unspecified atom stereocenters. The van der Waals surface area contributed by atoms with Gasteiger partial charge in [0.1, 0.15) is 17.3 Å². The van der Waals surface area contributed by atoms with Crippen molar-refractivity contribution in [3.8, 4) is 0 Å². The first kappa shape index (κ1) is 42.1. The van der Waals surface area contributed by atoms with Gasteiger partial charge in [0.05, 0.1) is 0 Å². The smallest absolute Gasteiger partial charge is 0.358 e. The summed E-state index contributed by atoms with van der Waals surface area (Å²) >= 11 is 0. The van der Waals surface area contributed by atoms with E-state index in [4.69, 9.17) is 22.3 Å². The van der Waals surface area contributed by atoms with Crippen LogP contribution in [0.25, 0.3) is 21.5 Å². The first-order valence-corrected chi connectivity index (χ1v) is 19.8. The number of pyridine rings is 2. The van der Waals surface area contributed by atoms with Gasteiger partial charge >= 0.3 is 5.97 Å². The van der Waals surface area contributed by atoms with Gasteiger partial charge in [-0.15, -0.1) is 0 Å². The fraction of sp³-hybridized carbons (Fsp3) is 0.349. The van der Waals surface area contributed by atoms with E-state index in [-0.39, 0.29) is 17.9 Å². The Morgan fingerprint density at radius 2 is 1.08 bits per heavy atom. The molecule has 6 heterocycles. The molecule has 2 saturated heterocycles. The summed E-state index contributed by atoms with van der Waals surface area (Å²) in [5.41, 5.74) is 19.4. The summed E-state index contributed by atoms with van der Waals surface area (Å²) in [4.78, 5) is 53.4. The fourth-order valence-electron chi connectivity index (χ4n) is 7.27. The zero-order valence-corrected chi connectivity index (χ0v) is 33.6. The number of nitrogens with one attached hydrogen (secondary N) is 2. The van der Waals surface area contributed by atoms with Crippen molar-refractivity contribution in [2.75, 3.05) is 81.2 Å². The maximum atomic E-state index is 13.1. The number of fused-ring (bicyclic) bond motifs is 2. The number of nitrogen functional groups attached to an aromatic ring is 3. The second-order valence-electron chi connectivity index (χ2n) is 15.0. The summed E-state index contributed by atoms with van der Waals surface area (Å²) in [6.07, 6.45) is 14.2. The lowest BCUT2D eigenvalue weighted by atomic mass is 9.97. The molecule has 4 aromatic heterocycles. The lowest BCUT2D eigenvalue weighted by Gasteiger charge is -2.29.